The van der Waals surface area contributed by atoms with E-state index in [1.54, 1.807) is 0 Å². The van der Waals surface area contributed by atoms with Gasteiger partial charge < -0.3 is 5.73 Å². The fourth-order valence-electron chi connectivity index (χ4n) is 0.682. The van der Waals surface area contributed by atoms with Crippen LogP contribution in [-0.2, 0) is 0 Å². The van der Waals surface area contributed by atoms with E-state index in [0.717, 1.165) is 13.0 Å². The molecule has 0 spiro atoms. The first-order chi connectivity index (χ1) is 5.31. The Morgan fingerprint density at radius 3 is 2.91 bits per heavy atom. The van der Waals surface area contributed by atoms with E-state index in [1.165, 1.54) is 17.9 Å². The lowest BCUT2D eigenvalue weighted by atomic mass is 10.2. The first-order valence-electron chi connectivity index (χ1n) is 4.20. The molecule has 0 aliphatic carbocycles. The van der Waals surface area contributed by atoms with E-state index >= 15 is 0 Å². The summed E-state index contributed by atoms with van der Waals surface area (Å²) in [6.07, 6.45) is 4.38. The van der Waals surface area contributed by atoms with Crippen LogP contribution in [0.25, 0.3) is 0 Å². The Balaban J connectivity index is 2.95. The minimum absolute atomic E-state index is 0.670. The smallest absolute Gasteiger partial charge is 0.00297 e. The summed E-state index contributed by atoms with van der Waals surface area (Å²) in [7, 11) is 0. The Bertz CT molecular complexity index is 93.6. The molecule has 0 amide bonds. The molecule has 0 aromatic heterocycles. The van der Waals surface area contributed by atoms with Crippen molar-refractivity contribution in [2.24, 2.45) is 11.7 Å². The number of hydrogen-bond acceptors (Lipinski definition) is 2. The predicted octanol–water partition coefficient (Wildman–Crippen LogP) is 2.28. The summed E-state index contributed by atoms with van der Waals surface area (Å²) < 4.78 is 0. The van der Waals surface area contributed by atoms with Crippen LogP contribution < -0.4 is 5.73 Å². The normalized spacial score (nSPS) is 12.9. The molecule has 0 saturated heterocycles. The Kier molecular flexibility index (Phi) is 8.19. The number of allylic oxidation sites excluding steroid dienone is 1. The van der Waals surface area contributed by atoms with E-state index in [2.05, 4.69) is 13.5 Å². The average molecular weight is 173 g/mol. The van der Waals surface area contributed by atoms with Crippen LogP contribution >= 0.6 is 11.8 Å². The number of unbranched alkanes of at least 4 members (excludes halogenated alkanes) is 1. The van der Waals surface area contributed by atoms with Gasteiger partial charge in [-0.2, -0.15) is 11.8 Å². The molecule has 0 aromatic rings. The molecule has 1 unspecified atom stereocenters. The van der Waals surface area contributed by atoms with E-state index in [4.69, 9.17) is 5.73 Å². The number of rotatable bonds is 7. The molecule has 0 saturated carbocycles. The minimum atomic E-state index is 0.670. The van der Waals surface area contributed by atoms with Crippen LogP contribution in [0.4, 0.5) is 0 Å². The van der Waals surface area contributed by atoms with E-state index < -0.39 is 0 Å². The molecule has 0 aliphatic rings. The quantitative estimate of drug-likeness (QED) is 0.472. The molecule has 0 bridgehead atoms. The fourth-order valence-corrected chi connectivity index (χ4v) is 1.76. The predicted molar refractivity (Wildman–Crippen MR) is 55.0 cm³/mol. The molecule has 0 fully saturated rings. The van der Waals surface area contributed by atoms with Crippen molar-refractivity contribution < 1.29 is 0 Å². The Morgan fingerprint density at radius 1 is 1.64 bits per heavy atom. The number of hydrogen-bond donors (Lipinski definition) is 1. The van der Waals surface area contributed by atoms with Crippen molar-refractivity contribution in [1.82, 2.24) is 0 Å². The maximum atomic E-state index is 5.48. The van der Waals surface area contributed by atoms with E-state index in [9.17, 15) is 0 Å². The first kappa shape index (κ1) is 11.1. The minimum Gasteiger partial charge on any atom is -0.330 e. The third-order valence-corrected chi connectivity index (χ3v) is 2.88. The number of nitrogens with two attached hydrogens (primary N) is 1. The van der Waals surface area contributed by atoms with Gasteiger partial charge in [0.2, 0.25) is 0 Å². The average Bonchev–Trinajstić information content (AvgIpc) is 2.04. The largest absolute Gasteiger partial charge is 0.330 e. The monoisotopic (exact) mass is 173 g/mol. The molecule has 0 rings (SSSR count). The summed E-state index contributed by atoms with van der Waals surface area (Å²) in [6, 6.07) is 0. The third-order valence-electron chi connectivity index (χ3n) is 1.50. The zero-order chi connectivity index (χ0) is 8.53. The van der Waals surface area contributed by atoms with Crippen molar-refractivity contribution in [3.63, 3.8) is 0 Å². The van der Waals surface area contributed by atoms with Crippen molar-refractivity contribution >= 4 is 11.8 Å². The molecule has 1 nitrogen and oxygen atoms in total. The van der Waals surface area contributed by atoms with Crippen LogP contribution in [0.2, 0.25) is 0 Å². The van der Waals surface area contributed by atoms with Gasteiger partial charge in [0.05, 0.1) is 0 Å². The van der Waals surface area contributed by atoms with E-state index in [1.807, 2.05) is 17.8 Å². The maximum absolute atomic E-state index is 5.48. The van der Waals surface area contributed by atoms with Crippen LogP contribution in [0.3, 0.4) is 0 Å². The van der Waals surface area contributed by atoms with Crippen LogP contribution in [0.15, 0.2) is 12.7 Å². The van der Waals surface area contributed by atoms with Gasteiger partial charge in [-0.25, -0.2) is 0 Å². The highest BCUT2D eigenvalue weighted by molar-refractivity contribution is 7.99. The lowest BCUT2D eigenvalue weighted by Gasteiger charge is -2.06. The van der Waals surface area contributed by atoms with Crippen molar-refractivity contribution in [3.8, 4) is 0 Å². The van der Waals surface area contributed by atoms with Gasteiger partial charge in [0.1, 0.15) is 0 Å². The van der Waals surface area contributed by atoms with Crippen LogP contribution in [0.5, 0.6) is 0 Å². The molecule has 11 heavy (non-hydrogen) atoms. The first-order valence-corrected chi connectivity index (χ1v) is 5.35. The van der Waals surface area contributed by atoms with Gasteiger partial charge in [0.15, 0.2) is 0 Å². The fraction of sp³-hybridized carbons (Fsp3) is 0.778. The van der Waals surface area contributed by atoms with Gasteiger partial charge in [0.25, 0.3) is 0 Å². The number of thioether (sulfide) groups is 1. The molecular weight excluding hydrogens is 154 g/mol. The molecule has 2 heteroatoms. The third kappa shape index (κ3) is 7.95. The van der Waals surface area contributed by atoms with Gasteiger partial charge >= 0.3 is 0 Å². The van der Waals surface area contributed by atoms with E-state index in [0.29, 0.717) is 5.92 Å². The maximum Gasteiger partial charge on any atom is -0.00297 e. The van der Waals surface area contributed by atoms with Crippen LogP contribution in [-0.4, -0.2) is 18.1 Å². The van der Waals surface area contributed by atoms with Gasteiger partial charge in [-0.15, -0.1) is 6.58 Å². The van der Waals surface area contributed by atoms with Gasteiger partial charge in [-0.3, -0.25) is 0 Å². The highest BCUT2D eigenvalue weighted by Gasteiger charge is 1.97. The SMILES string of the molecule is C=CCCCSCC(C)CN. The zero-order valence-corrected chi connectivity index (χ0v) is 8.20. The molecule has 2 N–H and O–H groups in total. The summed E-state index contributed by atoms with van der Waals surface area (Å²) in [5.41, 5.74) is 5.48. The van der Waals surface area contributed by atoms with Crippen LogP contribution in [0.1, 0.15) is 19.8 Å². The Labute approximate surface area is 74.4 Å². The second-order valence-electron chi connectivity index (χ2n) is 2.85. The molecule has 0 aromatic carbocycles. The summed E-state index contributed by atoms with van der Waals surface area (Å²) in [5, 5.41) is 0. The standard InChI is InChI=1S/C9H19NS/c1-3-4-5-6-11-8-9(2)7-10/h3,9H,1,4-8,10H2,2H3. The Morgan fingerprint density at radius 2 is 2.36 bits per heavy atom. The van der Waals surface area contributed by atoms with Crippen molar-refractivity contribution in [1.29, 1.82) is 0 Å². The molecule has 0 radical (unpaired) electrons. The second kappa shape index (κ2) is 8.15. The molecule has 0 heterocycles. The van der Waals surface area contributed by atoms with Crippen molar-refractivity contribution in [2.75, 3.05) is 18.1 Å². The highest BCUT2D eigenvalue weighted by atomic mass is 32.2. The van der Waals surface area contributed by atoms with Gasteiger partial charge in [-0.1, -0.05) is 13.0 Å². The summed E-state index contributed by atoms with van der Waals surface area (Å²) >= 11 is 2.00. The van der Waals surface area contributed by atoms with Crippen molar-refractivity contribution in [3.05, 3.63) is 12.7 Å². The summed E-state index contributed by atoms with van der Waals surface area (Å²) in [4.78, 5) is 0. The molecule has 66 valence electrons. The molecule has 0 aliphatic heterocycles. The highest BCUT2D eigenvalue weighted by Crippen LogP contribution is 2.09. The zero-order valence-electron chi connectivity index (χ0n) is 7.38. The molecular formula is C9H19NS. The van der Waals surface area contributed by atoms with Crippen molar-refractivity contribution in [2.45, 2.75) is 19.8 Å². The summed E-state index contributed by atoms with van der Waals surface area (Å²) in [5.74, 6) is 3.12. The summed E-state index contributed by atoms with van der Waals surface area (Å²) in [6.45, 7) is 6.69. The lowest BCUT2D eigenvalue weighted by Crippen LogP contribution is -2.12. The Hall–Kier alpha value is 0.0500. The second-order valence-corrected chi connectivity index (χ2v) is 4.00. The van der Waals surface area contributed by atoms with Crippen LogP contribution in [0, 0.1) is 5.92 Å². The topological polar surface area (TPSA) is 26.0 Å². The van der Waals surface area contributed by atoms with Gasteiger partial charge in [-0.05, 0) is 36.8 Å². The van der Waals surface area contributed by atoms with E-state index in [-0.39, 0.29) is 0 Å². The lowest BCUT2D eigenvalue weighted by molar-refractivity contribution is 0.675. The molecule has 1 atom stereocenters. The van der Waals surface area contributed by atoms with Gasteiger partial charge in [0, 0.05) is 0 Å².